The molecule has 1 aromatic heterocycles. The van der Waals surface area contributed by atoms with Gasteiger partial charge >= 0.3 is 5.97 Å². The minimum Gasteiger partial charge on any atom is -0.455 e. The summed E-state index contributed by atoms with van der Waals surface area (Å²) in [4.78, 5) is 28.9. The van der Waals surface area contributed by atoms with E-state index in [4.69, 9.17) is 4.74 Å². The van der Waals surface area contributed by atoms with Crippen LogP contribution in [-0.4, -0.2) is 39.3 Å². The number of aromatic nitrogens is 2. The average Bonchev–Trinajstić information content (AvgIpc) is 3.09. The fourth-order valence-corrected chi connectivity index (χ4v) is 4.48. The van der Waals surface area contributed by atoms with Crippen molar-refractivity contribution in [2.45, 2.75) is 62.7 Å². The number of fused-ring (bicyclic) bond motifs is 1. The molecule has 1 N–H and O–H groups in total. The largest absolute Gasteiger partial charge is 0.455 e. The van der Waals surface area contributed by atoms with E-state index in [1.807, 2.05) is 24.3 Å². The van der Waals surface area contributed by atoms with Gasteiger partial charge < -0.3 is 14.6 Å². The molecule has 154 valence electrons. The summed E-state index contributed by atoms with van der Waals surface area (Å²) in [5, 5.41) is 12.9. The summed E-state index contributed by atoms with van der Waals surface area (Å²) in [6.45, 7) is 2.54. The van der Waals surface area contributed by atoms with Crippen molar-refractivity contribution < 1.29 is 14.3 Å². The van der Waals surface area contributed by atoms with Crippen LogP contribution in [-0.2, 0) is 20.9 Å². The fraction of sp³-hybridized carbons (Fsp3) is 0.524. The van der Waals surface area contributed by atoms with E-state index < -0.39 is 17.4 Å². The van der Waals surface area contributed by atoms with E-state index in [1.165, 1.54) is 11.8 Å². The van der Waals surface area contributed by atoms with E-state index in [9.17, 15) is 14.9 Å². The molecule has 1 aromatic carbocycles. The molecular formula is C21H26N4O3S. The summed E-state index contributed by atoms with van der Waals surface area (Å²) >= 11 is 1.31. The van der Waals surface area contributed by atoms with Crippen LogP contribution < -0.4 is 5.32 Å². The standard InChI is InChI=1S/C21H26N4O3S/c1-2-12-25-17-9-5-4-8-16(17)23-20(25)29-14-19(27)28-13-18(26)24-21(15-22)10-6-3-7-11-21/h4-5,8-9H,2-3,6-7,10-14H2,1H3,(H,24,26). The van der Waals surface area contributed by atoms with Gasteiger partial charge in [0.2, 0.25) is 0 Å². The van der Waals surface area contributed by atoms with Gasteiger partial charge in [0.15, 0.2) is 11.8 Å². The number of esters is 1. The number of ether oxygens (including phenoxy) is 1. The zero-order chi connectivity index (χ0) is 20.7. The molecule has 1 aliphatic carbocycles. The molecule has 8 heteroatoms. The number of amides is 1. The van der Waals surface area contributed by atoms with Crippen LogP contribution in [0.4, 0.5) is 0 Å². The molecule has 2 aromatic rings. The summed E-state index contributed by atoms with van der Waals surface area (Å²) < 4.78 is 7.21. The Morgan fingerprint density at radius 3 is 2.79 bits per heavy atom. The molecule has 0 radical (unpaired) electrons. The number of carbonyl (C=O) groups excluding carboxylic acids is 2. The molecular weight excluding hydrogens is 388 g/mol. The minimum absolute atomic E-state index is 0.0731. The van der Waals surface area contributed by atoms with Gasteiger partial charge in [0, 0.05) is 6.54 Å². The molecule has 1 fully saturated rings. The summed E-state index contributed by atoms with van der Waals surface area (Å²) in [6.07, 6.45) is 5.17. The first-order chi connectivity index (χ1) is 14.1. The van der Waals surface area contributed by atoms with Gasteiger partial charge in [-0.2, -0.15) is 5.26 Å². The van der Waals surface area contributed by atoms with Crippen molar-refractivity contribution in [3.05, 3.63) is 24.3 Å². The molecule has 3 rings (SSSR count). The van der Waals surface area contributed by atoms with Crippen LogP contribution >= 0.6 is 11.8 Å². The quantitative estimate of drug-likeness (QED) is 0.525. The molecule has 29 heavy (non-hydrogen) atoms. The second-order valence-corrected chi connectivity index (χ2v) is 8.23. The maximum Gasteiger partial charge on any atom is 0.316 e. The fourth-order valence-electron chi connectivity index (χ4n) is 3.64. The molecule has 0 saturated heterocycles. The third kappa shape index (κ3) is 5.30. The van der Waals surface area contributed by atoms with Crippen LogP contribution in [0, 0.1) is 11.3 Å². The SMILES string of the molecule is CCCn1c(SCC(=O)OCC(=O)NC2(C#N)CCCCC2)nc2ccccc21. The minimum atomic E-state index is -0.818. The number of benzene rings is 1. The lowest BCUT2D eigenvalue weighted by Gasteiger charge is -2.31. The lowest BCUT2D eigenvalue weighted by molar-refractivity contribution is -0.146. The molecule has 0 spiro atoms. The highest BCUT2D eigenvalue weighted by molar-refractivity contribution is 7.99. The zero-order valence-electron chi connectivity index (χ0n) is 16.6. The van der Waals surface area contributed by atoms with Gasteiger partial charge in [-0.05, 0) is 31.4 Å². The molecule has 0 aliphatic heterocycles. The Morgan fingerprint density at radius 2 is 2.07 bits per heavy atom. The lowest BCUT2D eigenvalue weighted by atomic mass is 9.83. The van der Waals surface area contributed by atoms with Crippen LogP contribution in [0.25, 0.3) is 11.0 Å². The van der Waals surface area contributed by atoms with Gasteiger partial charge in [-0.25, -0.2) is 4.98 Å². The molecule has 0 unspecified atom stereocenters. The smallest absolute Gasteiger partial charge is 0.316 e. The van der Waals surface area contributed by atoms with Crippen molar-refractivity contribution in [2.24, 2.45) is 0 Å². The Hall–Kier alpha value is -2.53. The monoisotopic (exact) mass is 414 g/mol. The Balaban J connectivity index is 1.51. The van der Waals surface area contributed by atoms with E-state index in [1.54, 1.807) is 0 Å². The molecule has 0 atom stereocenters. The first-order valence-electron chi connectivity index (χ1n) is 10.0. The first kappa shape index (κ1) is 21.2. The van der Waals surface area contributed by atoms with E-state index in [0.717, 1.165) is 48.4 Å². The van der Waals surface area contributed by atoms with Gasteiger partial charge in [-0.15, -0.1) is 0 Å². The lowest BCUT2D eigenvalue weighted by Crippen LogP contribution is -2.50. The van der Waals surface area contributed by atoms with Crippen molar-refractivity contribution in [2.75, 3.05) is 12.4 Å². The second kappa shape index (κ2) is 9.79. The molecule has 1 amide bonds. The van der Waals surface area contributed by atoms with E-state index in [2.05, 4.69) is 27.9 Å². The number of imidazole rings is 1. The Kier molecular flexibility index (Phi) is 7.15. The number of hydrogen-bond donors (Lipinski definition) is 1. The number of rotatable bonds is 8. The van der Waals surface area contributed by atoms with E-state index in [0.29, 0.717) is 12.8 Å². The number of nitrogens with one attached hydrogen (secondary N) is 1. The maximum absolute atomic E-state index is 12.1. The van der Waals surface area contributed by atoms with Gasteiger partial charge in [-0.1, -0.05) is 50.1 Å². The summed E-state index contributed by atoms with van der Waals surface area (Å²) in [5.41, 5.74) is 1.12. The first-order valence-corrected chi connectivity index (χ1v) is 11.0. The summed E-state index contributed by atoms with van der Waals surface area (Å²) in [6, 6.07) is 10.1. The zero-order valence-corrected chi connectivity index (χ0v) is 17.5. The van der Waals surface area contributed by atoms with Crippen molar-refractivity contribution in [3.63, 3.8) is 0 Å². The highest BCUT2D eigenvalue weighted by Gasteiger charge is 2.33. The predicted octanol–water partition coefficient (Wildman–Crippen LogP) is 3.42. The maximum atomic E-state index is 12.1. The van der Waals surface area contributed by atoms with Gasteiger partial charge in [-0.3, -0.25) is 9.59 Å². The number of aryl methyl sites for hydroxylation is 1. The number of thioether (sulfide) groups is 1. The molecule has 1 saturated carbocycles. The number of hydrogen-bond acceptors (Lipinski definition) is 6. The van der Waals surface area contributed by atoms with Crippen molar-refractivity contribution in [1.82, 2.24) is 14.9 Å². The van der Waals surface area contributed by atoms with Gasteiger partial charge in [0.25, 0.3) is 5.91 Å². The topological polar surface area (TPSA) is 97.0 Å². The highest BCUT2D eigenvalue weighted by atomic mass is 32.2. The number of nitriles is 1. The summed E-state index contributed by atoms with van der Waals surface area (Å²) in [7, 11) is 0. The van der Waals surface area contributed by atoms with Crippen LogP contribution in [0.3, 0.4) is 0 Å². The normalized spacial score (nSPS) is 15.6. The number of carbonyl (C=O) groups is 2. The van der Waals surface area contributed by atoms with Crippen molar-refractivity contribution in [1.29, 1.82) is 5.26 Å². The third-order valence-electron chi connectivity index (χ3n) is 5.05. The molecule has 7 nitrogen and oxygen atoms in total. The van der Waals surface area contributed by atoms with Crippen LogP contribution in [0.2, 0.25) is 0 Å². The van der Waals surface area contributed by atoms with Crippen molar-refractivity contribution in [3.8, 4) is 6.07 Å². The molecule has 0 bridgehead atoms. The molecule has 1 heterocycles. The third-order valence-corrected chi connectivity index (χ3v) is 6.00. The Morgan fingerprint density at radius 1 is 1.31 bits per heavy atom. The van der Waals surface area contributed by atoms with Gasteiger partial charge in [0.1, 0.15) is 5.54 Å². The average molecular weight is 415 g/mol. The van der Waals surface area contributed by atoms with E-state index >= 15 is 0 Å². The number of nitrogens with zero attached hydrogens (tertiary/aromatic N) is 3. The van der Waals surface area contributed by atoms with Crippen LogP contribution in [0.1, 0.15) is 45.4 Å². The Labute approximate surface area is 174 Å². The summed E-state index contributed by atoms with van der Waals surface area (Å²) in [5.74, 6) is -0.830. The predicted molar refractivity (Wildman–Crippen MR) is 111 cm³/mol. The van der Waals surface area contributed by atoms with Gasteiger partial charge in [0.05, 0.1) is 22.9 Å². The second-order valence-electron chi connectivity index (χ2n) is 7.29. The number of para-hydroxylation sites is 2. The van der Waals surface area contributed by atoms with Crippen LogP contribution in [0.5, 0.6) is 0 Å². The van der Waals surface area contributed by atoms with Crippen molar-refractivity contribution >= 4 is 34.7 Å². The highest BCUT2D eigenvalue weighted by Crippen LogP contribution is 2.27. The van der Waals surface area contributed by atoms with Crippen LogP contribution in [0.15, 0.2) is 29.4 Å². The molecule has 1 aliphatic rings. The Bertz CT molecular complexity index is 912. The van der Waals surface area contributed by atoms with E-state index in [-0.39, 0.29) is 12.4 Å².